The molecule has 0 bridgehead atoms. The molecule has 1 fully saturated rings. The van der Waals surface area contributed by atoms with Crippen LogP contribution in [0.4, 0.5) is 5.69 Å². The maximum Gasteiger partial charge on any atom is 0.228 e. The van der Waals surface area contributed by atoms with E-state index in [0.717, 1.165) is 15.9 Å². The first-order chi connectivity index (χ1) is 8.18. The standard InChI is InChI=1S/C14H19BrN2O/c1-8-6-9(7-16-11(8)15)17-12(18)10-13(2,3)14(10,4)5/h6-7,10H,1-5H3,(H,17,18). The van der Waals surface area contributed by atoms with Crippen molar-refractivity contribution in [3.8, 4) is 0 Å². The zero-order chi connectivity index (χ0) is 13.7. The van der Waals surface area contributed by atoms with Crippen LogP contribution in [0, 0.1) is 23.7 Å². The van der Waals surface area contributed by atoms with Gasteiger partial charge in [-0.2, -0.15) is 0 Å². The van der Waals surface area contributed by atoms with E-state index < -0.39 is 0 Å². The quantitative estimate of drug-likeness (QED) is 0.845. The smallest absolute Gasteiger partial charge is 0.228 e. The molecule has 0 spiro atoms. The Hall–Kier alpha value is -0.900. The number of halogens is 1. The number of amides is 1. The minimum absolute atomic E-state index is 0.0638. The second-order valence-corrected chi connectivity index (χ2v) is 6.95. The lowest BCUT2D eigenvalue weighted by molar-refractivity contribution is -0.118. The van der Waals surface area contributed by atoms with Crippen molar-refractivity contribution in [2.75, 3.05) is 5.32 Å². The number of rotatable bonds is 2. The van der Waals surface area contributed by atoms with Gasteiger partial charge in [-0.1, -0.05) is 27.7 Å². The summed E-state index contributed by atoms with van der Waals surface area (Å²) in [6.07, 6.45) is 1.68. The highest BCUT2D eigenvalue weighted by molar-refractivity contribution is 9.10. The van der Waals surface area contributed by atoms with E-state index in [1.807, 2.05) is 13.0 Å². The predicted octanol–water partition coefficient (Wildman–Crippen LogP) is 3.77. The second-order valence-electron chi connectivity index (χ2n) is 6.20. The van der Waals surface area contributed by atoms with Gasteiger partial charge in [-0.05, 0) is 45.3 Å². The number of nitrogens with one attached hydrogen (secondary N) is 1. The molecule has 1 N–H and O–H groups in total. The number of aryl methyl sites for hydroxylation is 1. The molecule has 1 amide bonds. The molecule has 0 aromatic carbocycles. The van der Waals surface area contributed by atoms with Crippen molar-refractivity contribution in [3.63, 3.8) is 0 Å². The number of carbonyl (C=O) groups is 1. The van der Waals surface area contributed by atoms with Crippen LogP contribution >= 0.6 is 15.9 Å². The number of hydrogen-bond acceptors (Lipinski definition) is 2. The molecule has 1 aromatic heterocycles. The van der Waals surface area contributed by atoms with Crippen molar-refractivity contribution >= 4 is 27.5 Å². The van der Waals surface area contributed by atoms with Crippen molar-refractivity contribution in [3.05, 3.63) is 22.4 Å². The Morgan fingerprint density at radius 2 is 1.89 bits per heavy atom. The molecule has 98 valence electrons. The highest BCUT2D eigenvalue weighted by atomic mass is 79.9. The molecule has 1 aliphatic rings. The van der Waals surface area contributed by atoms with E-state index in [-0.39, 0.29) is 22.7 Å². The fraction of sp³-hybridized carbons (Fsp3) is 0.571. The first-order valence-corrected chi connectivity index (χ1v) is 6.90. The summed E-state index contributed by atoms with van der Waals surface area (Å²) in [5, 5.41) is 2.96. The van der Waals surface area contributed by atoms with Gasteiger partial charge in [0, 0.05) is 5.92 Å². The van der Waals surface area contributed by atoms with E-state index in [4.69, 9.17) is 0 Å². The lowest BCUT2D eigenvalue weighted by atomic mass is 10.0. The Morgan fingerprint density at radius 3 is 2.33 bits per heavy atom. The van der Waals surface area contributed by atoms with Gasteiger partial charge in [0.25, 0.3) is 0 Å². The average Bonchev–Trinajstić information content (AvgIpc) is 2.63. The van der Waals surface area contributed by atoms with Crippen LogP contribution in [-0.4, -0.2) is 10.9 Å². The predicted molar refractivity (Wildman–Crippen MR) is 76.4 cm³/mol. The average molecular weight is 311 g/mol. The van der Waals surface area contributed by atoms with Crippen LogP contribution in [0.2, 0.25) is 0 Å². The minimum atomic E-state index is 0.0638. The van der Waals surface area contributed by atoms with Crippen LogP contribution in [0.25, 0.3) is 0 Å². The fourth-order valence-electron chi connectivity index (χ4n) is 2.69. The number of hydrogen-bond donors (Lipinski definition) is 1. The molecule has 18 heavy (non-hydrogen) atoms. The van der Waals surface area contributed by atoms with Crippen LogP contribution in [0.15, 0.2) is 16.9 Å². The summed E-state index contributed by atoms with van der Waals surface area (Å²) in [7, 11) is 0. The fourth-order valence-corrected chi connectivity index (χ4v) is 2.91. The number of carbonyl (C=O) groups excluding carboxylic acids is 1. The van der Waals surface area contributed by atoms with Crippen LogP contribution in [-0.2, 0) is 4.79 Å². The van der Waals surface area contributed by atoms with Gasteiger partial charge in [0.05, 0.1) is 11.9 Å². The van der Waals surface area contributed by atoms with Gasteiger partial charge in [0.1, 0.15) is 4.60 Å². The molecule has 0 aliphatic heterocycles. The zero-order valence-corrected chi connectivity index (χ0v) is 13.1. The topological polar surface area (TPSA) is 42.0 Å². The van der Waals surface area contributed by atoms with Gasteiger partial charge in [0.2, 0.25) is 5.91 Å². The van der Waals surface area contributed by atoms with Gasteiger partial charge >= 0.3 is 0 Å². The summed E-state index contributed by atoms with van der Waals surface area (Å²) in [6, 6.07) is 1.93. The summed E-state index contributed by atoms with van der Waals surface area (Å²) in [6.45, 7) is 10.5. The van der Waals surface area contributed by atoms with E-state index in [0.29, 0.717) is 0 Å². The highest BCUT2D eigenvalue weighted by Gasteiger charge is 2.68. The molecular weight excluding hydrogens is 292 g/mol. The number of aromatic nitrogens is 1. The molecule has 1 heterocycles. The summed E-state index contributed by atoms with van der Waals surface area (Å²) in [5.41, 5.74) is 1.91. The molecule has 1 saturated carbocycles. The molecule has 0 unspecified atom stereocenters. The van der Waals surface area contributed by atoms with Crippen molar-refractivity contribution in [1.29, 1.82) is 0 Å². The van der Waals surface area contributed by atoms with E-state index >= 15 is 0 Å². The third-order valence-corrected chi connectivity index (χ3v) is 5.40. The molecule has 1 aliphatic carbocycles. The van der Waals surface area contributed by atoms with Gasteiger partial charge in [-0.15, -0.1) is 0 Å². The van der Waals surface area contributed by atoms with E-state index in [1.165, 1.54) is 0 Å². The number of nitrogens with zero attached hydrogens (tertiary/aromatic N) is 1. The molecule has 0 saturated heterocycles. The Balaban J connectivity index is 2.12. The van der Waals surface area contributed by atoms with Gasteiger partial charge in [-0.25, -0.2) is 4.98 Å². The first-order valence-electron chi connectivity index (χ1n) is 6.11. The van der Waals surface area contributed by atoms with E-state index in [1.54, 1.807) is 6.20 Å². The summed E-state index contributed by atoms with van der Waals surface area (Å²) in [4.78, 5) is 16.4. The monoisotopic (exact) mass is 310 g/mol. The maximum absolute atomic E-state index is 12.3. The van der Waals surface area contributed by atoms with Crippen LogP contribution < -0.4 is 5.32 Å². The largest absolute Gasteiger partial charge is 0.324 e. The summed E-state index contributed by atoms with van der Waals surface area (Å²) in [5.74, 6) is 0.155. The molecule has 4 heteroatoms. The van der Waals surface area contributed by atoms with Crippen LogP contribution in [0.1, 0.15) is 33.3 Å². The third-order valence-electron chi connectivity index (χ3n) is 4.56. The van der Waals surface area contributed by atoms with E-state index in [2.05, 4.69) is 53.9 Å². The molecule has 0 radical (unpaired) electrons. The van der Waals surface area contributed by atoms with Crippen molar-refractivity contribution in [2.24, 2.45) is 16.7 Å². The van der Waals surface area contributed by atoms with Crippen molar-refractivity contribution < 1.29 is 4.79 Å². The van der Waals surface area contributed by atoms with Crippen molar-refractivity contribution in [1.82, 2.24) is 4.98 Å². The molecule has 1 aromatic rings. The van der Waals surface area contributed by atoms with Gasteiger partial charge < -0.3 is 5.32 Å². The molecule has 2 rings (SSSR count). The minimum Gasteiger partial charge on any atom is -0.324 e. The molecule has 3 nitrogen and oxygen atoms in total. The first kappa shape index (κ1) is 13.5. The lowest BCUT2D eigenvalue weighted by Gasteiger charge is -2.07. The Bertz CT molecular complexity index is 495. The summed E-state index contributed by atoms with van der Waals surface area (Å²) < 4.78 is 0.813. The Labute approximate surface area is 117 Å². The Kier molecular flexibility index (Phi) is 3.05. The molecular formula is C14H19BrN2O. The van der Waals surface area contributed by atoms with Crippen LogP contribution in [0.3, 0.4) is 0 Å². The van der Waals surface area contributed by atoms with Gasteiger partial charge in [-0.3, -0.25) is 4.79 Å². The van der Waals surface area contributed by atoms with Gasteiger partial charge in [0.15, 0.2) is 0 Å². The normalized spacial score (nSPS) is 20.6. The zero-order valence-electron chi connectivity index (χ0n) is 11.5. The number of anilines is 1. The van der Waals surface area contributed by atoms with Crippen LogP contribution in [0.5, 0.6) is 0 Å². The number of pyridine rings is 1. The van der Waals surface area contributed by atoms with Crippen molar-refractivity contribution in [2.45, 2.75) is 34.6 Å². The highest BCUT2D eigenvalue weighted by Crippen LogP contribution is 2.68. The van der Waals surface area contributed by atoms with E-state index in [9.17, 15) is 4.79 Å². The maximum atomic E-state index is 12.3. The molecule has 0 atom stereocenters. The Morgan fingerprint density at radius 1 is 1.33 bits per heavy atom. The third kappa shape index (κ3) is 1.96. The second kappa shape index (κ2) is 4.05. The SMILES string of the molecule is Cc1cc(NC(=O)C2C(C)(C)C2(C)C)cnc1Br. The lowest BCUT2D eigenvalue weighted by Crippen LogP contribution is -2.17. The summed E-state index contributed by atoms with van der Waals surface area (Å²) >= 11 is 3.35.